The number of piperidine rings is 1. The molecule has 0 aliphatic carbocycles. The molecular weight excluding hydrogens is 362 g/mol. The highest BCUT2D eigenvalue weighted by atomic mass is 16.2. The number of hydrogen-bond acceptors (Lipinski definition) is 2. The Balaban J connectivity index is 1.40. The number of carbonyl (C=O) groups is 1. The number of nitrogens with zero attached hydrogens (tertiary/aromatic N) is 2. The number of benzene rings is 3. The average Bonchev–Trinajstić information content (AvgIpc) is 3.10. The number of H-pyrrole nitrogens is 1. The van der Waals surface area contributed by atoms with Crippen LogP contribution in [-0.2, 0) is 11.2 Å². The van der Waals surface area contributed by atoms with Crippen LogP contribution in [0.15, 0.2) is 71.5 Å². The molecule has 1 aliphatic rings. The summed E-state index contributed by atoms with van der Waals surface area (Å²) in [5.41, 5.74) is 2.71. The molecule has 2 heterocycles. The summed E-state index contributed by atoms with van der Waals surface area (Å²) >= 11 is 0. The second-order valence-electron chi connectivity index (χ2n) is 7.77. The number of likely N-dealkylation sites (tertiary alicyclic amines) is 1. The Hall–Kier alpha value is -3.34. The zero-order valence-electron chi connectivity index (χ0n) is 16.2. The van der Waals surface area contributed by atoms with E-state index in [0.29, 0.717) is 13.0 Å². The summed E-state index contributed by atoms with van der Waals surface area (Å²) in [6.45, 7) is 1.32. The fourth-order valence-electron chi connectivity index (χ4n) is 4.55. The van der Waals surface area contributed by atoms with Crippen LogP contribution in [0.3, 0.4) is 0 Å². The number of hydrogen-bond donors (Lipinski definition) is 1. The van der Waals surface area contributed by atoms with E-state index >= 15 is 0 Å². The molecule has 1 fully saturated rings. The van der Waals surface area contributed by atoms with Gasteiger partial charge in [0.1, 0.15) is 0 Å². The molecule has 1 N–H and O–H groups in total. The number of aromatic nitrogens is 2. The second-order valence-corrected chi connectivity index (χ2v) is 7.77. The first-order valence-corrected chi connectivity index (χ1v) is 10.1. The van der Waals surface area contributed by atoms with Gasteiger partial charge in [-0.25, -0.2) is 4.79 Å². The first-order chi connectivity index (χ1) is 14.2. The summed E-state index contributed by atoms with van der Waals surface area (Å²) < 4.78 is 1.83. The van der Waals surface area contributed by atoms with E-state index in [0.717, 1.165) is 46.8 Å². The molecule has 4 aromatic rings. The van der Waals surface area contributed by atoms with E-state index in [9.17, 15) is 9.59 Å². The van der Waals surface area contributed by atoms with E-state index in [1.165, 1.54) is 0 Å². The molecule has 1 atom stereocenters. The van der Waals surface area contributed by atoms with Crippen LogP contribution in [0, 0.1) is 0 Å². The van der Waals surface area contributed by atoms with Crippen molar-refractivity contribution < 1.29 is 4.79 Å². The van der Waals surface area contributed by atoms with Gasteiger partial charge in [0, 0.05) is 13.1 Å². The summed E-state index contributed by atoms with van der Waals surface area (Å²) in [6.07, 6.45) is 2.19. The summed E-state index contributed by atoms with van der Waals surface area (Å²) in [4.78, 5) is 30.5. The van der Waals surface area contributed by atoms with E-state index in [4.69, 9.17) is 0 Å². The van der Waals surface area contributed by atoms with E-state index in [-0.39, 0.29) is 17.6 Å². The number of carbonyl (C=O) groups excluding carboxylic acids is 1. The molecule has 146 valence electrons. The number of amides is 1. The second kappa shape index (κ2) is 7.24. The first-order valence-electron chi connectivity index (χ1n) is 10.1. The number of aromatic amines is 1. The van der Waals surface area contributed by atoms with E-state index < -0.39 is 0 Å². The molecule has 0 unspecified atom stereocenters. The van der Waals surface area contributed by atoms with E-state index in [2.05, 4.69) is 23.2 Å². The van der Waals surface area contributed by atoms with Crippen LogP contribution in [0.25, 0.3) is 21.8 Å². The fraction of sp³-hybridized carbons (Fsp3) is 0.250. The number of para-hydroxylation sites is 2. The molecule has 0 spiro atoms. The monoisotopic (exact) mass is 385 g/mol. The van der Waals surface area contributed by atoms with Gasteiger partial charge in [-0.1, -0.05) is 54.6 Å². The molecule has 5 heteroatoms. The molecule has 1 aliphatic heterocycles. The average molecular weight is 385 g/mol. The summed E-state index contributed by atoms with van der Waals surface area (Å²) in [7, 11) is 0. The Morgan fingerprint density at radius 3 is 2.72 bits per heavy atom. The number of rotatable bonds is 3. The van der Waals surface area contributed by atoms with Gasteiger partial charge < -0.3 is 9.88 Å². The predicted molar refractivity (Wildman–Crippen MR) is 115 cm³/mol. The number of nitrogens with one attached hydrogen (secondary N) is 1. The van der Waals surface area contributed by atoms with Crippen molar-refractivity contribution in [2.45, 2.75) is 25.3 Å². The summed E-state index contributed by atoms with van der Waals surface area (Å²) in [6, 6.07) is 22.0. The fourth-order valence-corrected chi connectivity index (χ4v) is 4.55. The molecule has 29 heavy (non-hydrogen) atoms. The lowest BCUT2D eigenvalue weighted by Gasteiger charge is -2.33. The van der Waals surface area contributed by atoms with Crippen LogP contribution >= 0.6 is 0 Å². The first kappa shape index (κ1) is 17.7. The number of imidazole rings is 1. The van der Waals surface area contributed by atoms with Gasteiger partial charge >= 0.3 is 5.69 Å². The minimum Gasteiger partial charge on any atom is -0.340 e. The van der Waals surface area contributed by atoms with Crippen LogP contribution in [0.1, 0.15) is 24.4 Å². The minimum absolute atomic E-state index is 0.00358. The quantitative estimate of drug-likeness (QED) is 0.582. The third-order valence-corrected chi connectivity index (χ3v) is 5.96. The zero-order valence-corrected chi connectivity index (χ0v) is 16.2. The van der Waals surface area contributed by atoms with Crippen LogP contribution in [0.5, 0.6) is 0 Å². The Kier molecular flexibility index (Phi) is 4.43. The Labute approximate surface area is 168 Å². The molecule has 5 nitrogen and oxygen atoms in total. The lowest BCUT2D eigenvalue weighted by molar-refractivity contribution is -0.132. The van der Waals surface area contributed by atoms with Crippen LogP contribution in [0.2, 0.25) is 0 Å². The highest BCUT2D eigenvalue weighted by Gasteiger charge is 2.27. The molecule has 5 rings (SSSR count). The van der Waals surface area contributed by atoms with Gasteiger partial charge in [0.05, 0.1) is 23.5 Å². The van der Waals surface area contributed by atoms with Gasteiger partial charge in [-0.05, 0) is 41.3 Å². The Bertz CT molecular complexity index is 1250. The van der Waals surface area contributed by atoms with Crippen molar-refractivity contribution in [3.63, 3.8) is 0 Å². The van der Waals surface area contributed by atoms with E-state index in [1.807, 2.05) is 58.0 Å². The van der Waals surface area contributed by atoms with Gasteiger partial charge in [0.15, 0.2) is 0 Å². The maximum Gasteiger partial charge on any atom is 0.326 e. The van der Waals surface area contributed by atoms with Crippen molar-refractivity contribution >= 4 is 27.7 Å². The van der Waals surface area contributed by atoms with Gasteiger partial charge in [0.2, 0.25) is 5.91 Å². The Morgan fingerprint density at radius 2 is 1.79 bits per heavy atom. The summed E-state index contributed by atoms with van der Waals surface area (Å²) in [5, 5.41) is 2.28. The normalized spacial score (nSPS) is 17.1. The predicted octanol–water partition coefficient (Wildman–Crippen LogP) is 3.89. The molecule has 1 saturated heterocycles. The minimum atomic E-state index is -0.0976. The molecule has 3 aromatic carbocycles. The van der Waals surface area contributed by atoms with Gasteiger partial charge in [-0.3, -0.25) is 9.36 Å². The maximum atomic E-state index is 13.1. The molecular formula is C24H23N3O2. The van der Waals surface area contributed by atoms with Crippen LogP contribution < -0.4 is 5.69 Å². The van der Waals surface area contributed by atoms with Crippen LogP contribution in [-0.4, -0.2) is 33.4 Å². The van der Waals surface area contributed by atoms with Gasteiger partial charge in [-0.15, -0.1) is 0 Å². The lowest BCUT2D eigenvalue weighted by atomic mass is 10.00. The van der Waals surface area contributed by atoms with Crippen molar-refractivity contribution in [2.75, 3.05) is 13.1 Å². The van der Waals surface area contributed by atoms with Crippen molar-refractivity contribution in [3.8, 4) is 0 Å². The standard InChI is InChI=1S/C24H23N3O2/c28-23(15-18-9-5-8-17-7-1-2-11-20(17)18)26-14-6-10-19(16-26)27-22-13-4-3-12-21(22)25-24(27)29/h1-5,7-9,11-13,19H,6,10,14-16H2,(H,25,29)/t19-/m0/s1. The maximum absolute atomic E-state index is 13.1. The van der Waals surface area contributed by atoms with Gasteiger partial charge in [-0.2, -0.15) is 0 Å². The van der Waals surface area contributed by atoms with Gasteiger partial charge in [0.25, 0.3) is 0 Å². The van der Waals surface area contributed by atoms with Crippen molar-refractivity contribution in [2.24, 2.45) is 0 Å². The third kappa shape index (κ3) is 3.23. The molecule has 0 bridgehead atoms. The van der Waals surface area contributed by atoms with Crippen LogP contribution in [0.4, 0.5) is 0 Å². The van der Waals surface area contributed by atoms with Crippen molar-refractivity contribution in [1.82, 2.24) is 14.5 Å². The molecule has 0 radical (unpaired) electrons. The van der Waals surface area contributed by atoms with Crippen molar-refractivity contribution in [3.05, 3.63) is 82.8 Å². The molecule has 1 aromatic heterocycles. The lowest BCUT2D eigenvalue weighted by Crippen LogP contribution is -2.43. The van der Waals surface area contributed by atoms with E-state index in [1.54, 1.807) is 0 Å². The smallest absolute Gasteiger partial charge is 0.326 e. The Morgan fingerprint density at radius 1 is 1.00 bits per heavy atom. The SMILES string of the molecule is O=C(Cc1cccc2ccccc12)N1CCC[C@H](n2c(=O)[nH]c3ccccc32)C1. The summed E-state index contributed by atoms with van der Waals surface area (Å²) in [5.74, 6) is 0.124. The third-order valence-electron chi connectivity index (χ3n) is 5.96. The van der Waals surface area contributed by atoms with Crippen molar-refractivity contribution in [1.29, 1.82) is 0 Å². The molecule has 1 amide bonds. The zero-order chi connectivity index (χ0) is 19.8. The highest BCUT2D eigenvalue weighted by Crippen LogP contribution is 2.25. The molecule has 0 saturated carbocycles. The number of fused-ring (bicyclic) bond motifs is 2. The largest absolute Gasteiger partial charge is 0.340 e. The topological polar surface area (TPSA) is 58.1 Å². The highest BCUT2D eigenvalue weighted by molar-refractivity contribution is 5.90.